The van der Waals surface area contributed by atoms with E-state index in [1.54, 1.807) is 7.11 Å². The monoisotopic (exact) mass is 246 g/mol. The van der Waals surface area contributed by atoms with Gasteiger partial charge < -0.3 is 9.64 Å². The second-order valence-electron chi connectivity index (χ2n) is 4.86. The summed E-state index contributed by atoms with van der Waals surface area (Å²) in [5.74, 6) is 1.10. The SMILES string of the molecule is C=C1CCN(c2ccc(CCCOC)cn2)CC1. The van der Waals surface area contributed by atoms with Crippen LogP contribution in [0.5, 0.6) is 0 Å². The smallest absolute Gasteiger partial charge is 0.128 e. The molecule has 98 valence electrons. The van der Waals surface area contributed by atoms with Gasteiger partial charge in [0, 0.05) is 33.0 Å². The van der Waals surface area contributed by atoms with Crippen molar-refractivity contribution in [1.82, 2.24) is 4.98 Å². The van der Waals surface area contributed by atoms with Gasteiger partial charge in [0.2, 0.25) is 0 Å². The van der Waals surface area contributed by atoms with Gasteiger partial charge in [0.15, 0.2) is 0 Å². The van der Waals surface area contributed by atoms with Crippen molar-refractivity contribution < 1.29 is 4.74 Å². The van der Waals surface area contributed by atoms with E-state index in [0.717, 1.165) is 51.2 Å². The summed E-state index contributed by atoms with van der Waals surface area (Å²) in [6.45, 7) is 6.96. The minimum atomic E-state index is 0.815. The number of hydrogen-bond donors (Lipinski definition) is 0. The summed E-state index contributed by atoms with van der Waals surface area (Å²) in [5, 5.41) is 0. The highest BCUT2D eigenvalue weighted by Gasteiger charge is 2.13. The van der Waals surface area contributed by atoms with Gasteiger partial charge in [-0.15, -0.1) is 0 Å². The first-order chi connectivity index (χ1) is 8.79. The minimum Gasteiger partial charge on any atom is -0.385 e. The maximum absolute atomic E-state index is 5.06. The van der Waals surface area contributed by atoms with Crippen molar-refractivity contribution in [2.75, 3.05) is 31.7 Å². The third kappa shape index (κ3) is 3.57. The van der Waals surface area contributed by atoms with Gasteiger partial charge in [-0.25, -0.2) is 4.98 Å². The maximum Gasteiger partial charge on any atom is 0.128 e. The zero-order valence-corrected chi connectivity index (χ0v) is 11.2. The van der Waals surface area contributed by atoms with Crippen molar-refractivity contribution in [2.45, 2.75) is 25.7 Å². The fourth-order valence-corrected chi connectivity index (χ4v) is 2.22. The van der Waals surface area contributed by atoms with E-state index in [1.165, 1.54) is 11.1 Å². The number of aryl methyl sites for hydroxylation is 1. The fourth-order valence-electron chi connectivity index (χ4n) is 2.22. The molecule has 0 amide bonds. The quantitative estimate of drug-likeness (QED) is 0.590. The Labute approximate surface area is 109 Å². The molecule has 1 saturated heterocycles. The molecule has 2 heterocycles. The molecule has 0 bridgehead atoms. The number of rotatable bonds is 5. The number of methoxy groups -OCH3 is 1. The lowest BCUT2D eigenvalue weighted by Crippen LogP contribution is -2.30. The van der Waals surface area contributed by atoms with Crippen LogP contribution in [0.4, 0.5) is 5.82 Å². The third-order valence-corrected chi connectivity index (χ3v) is 3.42. The predicted molar refractivity (Wildman–Crippen MR) is 75.0 cm³/mol. The van der Waals surface area contributed by atoms with Crippen LogP contribution < -0.4 is 4.90 Å². The molecule has 18 heavy (non-hydrogen) atoms. The molecule has 1 aliphatic rings. The molecule has 3 heteroatoms. The van der Waals surface area contributed by atoms with Crippen molar-refractivity contribution in [3.05, 3.63) is 36.0 Å². The van der Waals surface area contributed by atoms with Crippen LogP contribution in [0.1, 0.15) is 24.8 Å². The summed E-state index contributed by atoms with van der Waals surface area (Å²) < 4.78 is 5.06. The second-order valence-corrected chi connectivity index (χ2v) is 4.86. The Bertz CT molecular complexity index is 376. The van der Waals surface area contributed by atoms with E-state index < -0.39 is 0 Å². The maximum atomic E-state index is 5.06. The van der Waals surface area contributed by atoms with Gasteiger partial charge >= 0.3 is 0 Å². The first-order valence-corrected chi connectivity index (χ1v) is 6.65. The normalized spacial score (nSPS) is 16.1. The van der Waals surface area contributed by atoms with E-state index in [-0.39, 0.29) is 0 Å². The number of hydrogen-bond acceptors (Lipinski definition) is 3. The molecule has 0 saturated carbocycles. The Morgan fingerprint density at radius 2 is 2.11 bits per heavy atom. The second kappa shape index (κ2) is 6.55. The number of anilines is 1. The molecule has 1 aliphatic heterocycles. The number of pyridine rings is 1. The molecule has 1 aromatic heterocycles. The predicted octanol–water partition coefficient (Wildman–Crippen LogP) is 2.82. The van der Waals surface area contributed by atoms with Crippen LogP contribution in [0.15, 0.2) is 30.5 Å². The molecule has 1 fully saturated rings. The molecule has 0 radical (unpaired) electrons. The molecular formula is C15H22N2O. The van der Waals surface area contributed by atoms with Crippen LogP contribution in [0.3, 0.4) is 0 Å². The van der Waals surface area contributed by atoms with Gasteiger partial charge in [-0.05, 0) is 37.3 Å². The number of aromatic nitrogens is 1. The van der Waals surface area contributed by atoms with E-state index >= 15 is 0 Å². The van der Waals surface area contributed by atoms with Crippen molar-refractivity contribution in [3.63, 3.8) is 0 Å². The number of nitrogens with zero attached hydrogens (tertiary/aromatic N) is 2. The summed E-state index contributed by atoms with van der Waals surface area (Å²) in [6.07, 6.45) is 6.28. The highest BCUT2D eigenvalue weighted by Crippen LogP contribution is 2.20. The van der Waals surface area contributed by atoms with Crippen molar-refractivity contribution in [3.8, 4) is 0 Å². The van der Waals surface area contributed by atoms with E-state index in [0.29, 0.717) is 0 Å². The molecule has 0 spiro atoms. The highest BCUT2D eigenvalue weighted by molar-refractivity contribution is 5.40. The summed E-state index contributed by atoms with van der Waals surface area (Å²) in [7, 11) is 1.74. The van der Waals surface area contributed by atoms with E-state index in [4.69, 9.17) is 4.74 Å². The van der Waals surface area contributed by atoms with Crippen LogP contribution in [0, 0.1) is 0 Å². The molecule has 0 unspecified atom stereocenters. The van der Waals surface area contributed by atoms with Gasteiger partial charge in [0.1, 0.15) is 5.82 Å². The van der Waals surface area contributed by atoms with Gasteiger partial charge in [-0.2, -0.15) is 0 Å². The third-order valence-electron chi connectivity index (χ3n) is 3.42. The van der Waals surface area contributed by atoms with Crippen LogP contribution in [0.2, 0.25) is 0 Å². The first kappa shape index (κ1) is 13.1. The molecule has 0 aromatic carbocycles. The lowest BCUT2D eigenvalue weighted by atomic mass is 10.1. The fraction of sp³-hybridized carbons (Fsp3) is 0.533. The zero-order chi connectivity index (χ0) is 12.8. The highest BCUT2D eigenvalue weighted by atomic mass is 16.5. The Balaban J connectivity index is 1.89. The summed E-state index contributed by atoms with van der Waals surface area (Å²) in [6, 6.07) is 4.32. The molecule has 1 aromatic rings. The average molecular weight is 246 g/mol. The lowest BCUT2D eigenvalue weighted by Gasteiger charge is -2.29. The topological polar surface area (TPSA) is 25.4 Å². The van der Waals surface area contributed by atoms with Gasteiger partial charge in [-0.1, -0.05) is 18.2 Å². The van der Waals surface area contributed by atoms with Gasteiger partial charge in [-0.3, -0.25) is 0 Å². The lowest BCUT2D eigenvalue weighted by molar-refractivity contribution is 0.195. The van der Waals surface area contributed by atoms with Gasteiger partial charge in [0.05, 0.1) is 0 Å². The largest absolute Gasteiger partial charge is 0.385 e. The molecule has 2 rings (SSSR count). The average Bonchev–Trinajstić information content (AvgIpc) is 2.41. The first-order valence-electron chi connectivity index (χ1n) is 6.65. The standard InChI is InChI=1S/C15H22N2O/c1-13-7-9-17(10-8-13)15-6-5-14(12-16-15)4-3-11-18-2/h5-6,12H,1,3-4,7-11H2,2H3. The Kier molecular flexibility index (Phi) is 4.76. The molecular weight excluding hydrogens is 224 g/mol. The summed E-state index contributed by atoms with van der Waals surface area (Å²) >= 11 is 0. The summed E-state index contributed by atoms with van der Waals surface area (Å²) in [4.78, 5) is 6.90. The van der Waals surface area contributed by atoms with Crippen LogP contribution in [0.25, 0.3) is 0 Å². The van der Waals surface area contributed by atoms with Crippen LogP contribution in [-0.4, -0.2) is 31.8 Å². The van der Waals surface area contributed by atoms with Crippen LogP contribution >= 0.6 is 0 Å². The van der Waals surface area contributed by atoms with E-state index in [9.17, 15) is 0 Å². The van der Waals surface area contributed by atoms with Crippen molar-refractivity contribution in [2.24, 2.45) is 0 Å². The number of piperidine rings is 1. The zero-order valence-electron chi connectivity index (χ0n) is 11.2. The minimum absolute atomic E-state index is 0.815. The molecule has 0 aliphatic carbocycles. The molecule has 0 atom stereocenters. The van der Waals surface area contributed by atoms with E-state index in [1.807, 2.05) is 6.20 Å². The van der Waals surface area contributed by atoms with Crippen molar-refractivity contribution in [1.29, 1.82) is 0 Å². The van der Waals surface area contributed by atoms with Gasteiger partial charge in [0.25, 0.3) is 0 Å². The Morgan fingerprint density at radius 1 is 1.33 bits per heavy atom. The summed E-state index contributed by atoms with van der Waals surface area (Å²) in [5.41, 5.74) is 2.65. The molecule has 0 N–H and O–H groups in total. The number of ether oxygens (including phenoxy) is 1. The molecule has 3 nitrogen and oxygen atoms in total. The van der Waals surface area contributed by atoms with Crippen molar-refractivity contribution >= 4 is 5.82 Å². The van der Waals surface area contributed by atoms with E-state index in [2.05, 4.69) is 28.6 Å². The Hall–Kier alpha value is -1.35. The Morgan fingerprint density at radius 3 is 2.72 bits per heavy atom. The van der Waals surface area contributed by atoms with Crippen LogP contribution in [-0.2, 0) is 11.2 Å².